The van der Waals surface area contributed by atoms with E-state index in [4.69, 9.17) is 4.74 Å². The highest BCUT2D eigenvalue weighted by molar-refractivity contribution is 4.68. The topological polar surface area (TPSA) is 21.3 Å². The van der Waals surface area contributed by atoms with Gasteiger partial charge in [0.25, 0.3) is 0 Å². The van der Waals surface area contributed by atoms with Gasteiger partial charge in [0.1, 0.15) is 0 Å². The number of unbranched alkanes of at least 4 members (excludes halogenated alkanes) is 2. The van der Waals surface area contributed by atoms with E-state index in [-0.39, 0.29) is 5.60 Å². The molecule has 0 rings (SSSR count). The van der Waals surface area contributed by atoms with E-state index in [1.54, 1.807) is 7.11 Å². The van der Waals surface area contributed by atoms with E-state index in [0.29, 0.717) is 0 Å². The third kappa shape index (κ3) is 8.26. The smallest absolute Gasteiger partial charge is 0.0634 e. The quantitative estimate of drug-likeness (QED) is 0.590. The lowest BCUT2D eigenvalue weighted by molar-refractivity contribution is 0.0159. The van der Waals surface area contributed by atoms with Gasteiger partial charge in [-0.05, 0) is 39.8 Å². The molecule has 0 spiro atoms. The minimum atomic E-state index is 0.0256. The highest BCUT2D eigenvalue weighted by Gasteiger charge is 2.14. The van der Waals surface area contributed by atoms with Crippen LogP contribution in [0.2, 0.25) is 0 Å². The molecule has 0 heterocycles. The SMILES string of the molecule is CCCCCNCCC(C)(C)OC. The van der Waals surface area contributed by atoms with E-state index < -0.39 is 0 Å². The fraction of sp³-hybridized carbons (Fsp3) is 1.00. The van der Waals surface area contributed by atoms with Crippen LogP contribution in [0.5, 0.6) is 0 Å². The molecule has 80 valence electrons. The first-order valence-electron chi connectivity index (χ1n) is 5.38. The maximum atomic E-state index is 5.33. The highest BCUT2D eigenvalue weighted by Crippen LogP contribution is 2.11. The Bertz CT molecular complexity index is 113. The normalized spacial score (nSPS) is 12.0. The summed E-state index contributed by atoms with van der Waals surface area (Å²) < 4.78 is 5.33. The monoisotopic (exact) mass is 187 g/mol. The molecule has 0 saturated carbocycles. The molecule has 1 N–H and O–H groups in total. The Hall–Kier alpha value is -0.0800. The molecule has 0 unspecified atom stereocenters. The molecule has 0 aliphatic carbocycles. The summed E-state index contributed by atoms with van der Waals surface area (Å²) in [5, 5.41) is 3.43. The molecule has 0 saturated heterocycles. The number of nitrogens with one attached hydrogen (secondary N) is 1. The summed E-state index contributed by atoms with van der Waals surface area (Å²) in [6, 6.07) is 0. The van der Waals surface area contributed by atoms with Crippen molar-refractivity contribution < 1.29 is 4.74 Å². The predicted octanol–water partition coefficient (Wildman–Crippen LogP) is 2.58. The molecule has 0 aliphatic heterocycles. The molecule has 0 aliphatic rings. The molecule has 2 heteroatoms. The van der Waals surface area contributed by atoms with Crippen LogP contribution in [-0.4, -0.2) is 25.8 Å². The van der Waals surface area contributed by atoms with Crippen molar-refractivity contribution in [2.24, 2.45) is 0 Å². The van der Waals surface area contributed by atoms with Crippen molar-refractivity contribution in [3.05, 3.63) is 0 Å². The van der Waals surface area contributed by atoms with Crippen LogP contribution in [0.3, 0.4) is 0 Å². The first-order chi connectivity index (χ1) is 6.12. The molecule has 0 bridgehead atoms. The van der Waals surface area contributed by atoms with Crippen molar-refractivity contribution in [2.45, 2.75) is 52.1 Å². The van der Waals surface area contributed by atoms with Crippen LogP contribution in [0.25, 0.3) is 0 Å². The Balaban J connectivity index is 3.16. The fourth-order valence-electron chi connectivity index (χ4n) is 1.12. The zero-order chi connectivity index (χ0) is 10.2. The first-order valence-corrected chi connectivity index (χ1v) is 5.38. The van der Waals surface area contributed by atoms with Crippen molar-refractivity contribution in [1.82, 2.24) is 5.32 Å². The number of methoxy groups -OCH3 is 1. The van der Waals surface area contributed by atoms with E-state index >= 15 is 0 Å². The van der Waals surface area contributed by atoms with E-state index in [2.05, 4.69) is 26.1 Å². The molecule has 0 aromatic carbocycles. The van der Waals surface area contributed by atoms with Crippen LogP contribution in [0.15, 0.2) is 0 Å². The molecule has 0 radical (unpaired) electrons. The van der Waals surface area contributed by atoms with E-state index in [0.717, 1.165) is 19.5 Å². The van der Waals surface area contributed by atoms with Crippen LogP contribution < -0.4 is 5.32 Å². The van der Waals surface area contributed by atoms with Gasteiger partial charge in [0.05, 0.1) is 5.60 Å². The first kappa shape index (κ1) is 12.9. The summed E-state index contributed by atoms with van der Waals surface area (Å²) in [5.41, 5.74) is 0.0256. The van der Waals surface area contributed by atoms with Crippen molar-refractivity contribution >= 4 is 0 Å². The van der Waals surface area contributed by atoms with E-state index in [1.165, 1.54) is 19.3 Å². The van der Waals surface area contributed by atoms with Gasteiger partial charge in [-0.25, -0.2) is 0 Å². The maximum Gasteiger partial charge on any atom is 0.0634 e. The van der Waals surface area contributed by atoms with Crippen LogP contribution in [0.1, 0.15) is 46.5 Å². The third-order valence-corrected chi connectivity index (χ3v) is 2.41. The van der Waals surface area contributed by atoms with Gasteiger partial charge in [0, 0.05) is 7.11 Å². The van der Waals surface area contributed by atoms with Crippen molar-refractivity contribution in [1.29, 1.82) is 0 Å². The van der Waals surface area contributed by atoms with Crippen LogP contribution in [0, 0.1) is 0 Å². The Morgan fingerprint density at radius 3 is 2.38 bits per heavy atom. The second-order valence-corrected chi connectivity index (χ2v) is 4.17. The van der Waals surface area contributed by atoms with Crippen molar-refractivity contribution in [2.75, 3.05) is 20.2 Å². The molecule has 2 nitrogen and oxygen atoms in total. The molecular weight excluding hydrogens is 162 g/mol. The Morgan fingerprint density at radius 1 is 1.15 bits per heavy atom. The van der Waals surface area contributed by atoms with Crippen molar-refractivity contribution in [3.8, 4) is 0 Å². The molecular formula is C11H25NO. The Labute approximate surface area is 83.1 Å². The number of ether oxygens (including phenoxy) is 1. The van der Waals surface area contributed by atoms with Gasteiger partial charge in [0.2, 0.25) is 0 Å². The summed E-state index contributed by atoms with van der Waals surface area (Å²) in [4.78, 5) is 0. The Kier molecular flexibility index (Phi) is 7.29. The molecule has 0 fully saturated rings. The van der Waals surface area contributed by atoms with Crippen LogP contribution in [0.4, 0.5) is 0 Å². The molecule has 0 aromatic heterocycles. The van der Waals surface area contributed by atoms with Gasteiger partial charge in [-0.15, -0.1) is 0 Å². The van der Waals surface area contributed by atoms with Crippen LogP contribution >= 0.6 is 0 Å². The molecule has 0 atom stereocenters. The highest BCUT2D eigenvalue weighted by atomic mass is 16.5. The summed E-state index contributed by atoms with van der Waals surface area (Å²) in [7, 11) is 1.77. The standard InChI is InChI=1S/C11H25NO/c1-5-6-7-9-12-10-8-11(2,3)13-4/h12H,5-10H2,1-4H3. The summed E-state index contributed by atoms with van der Waals surface area (Å²) in [6.07, 6.45) is 5.01. The lowest BCUT2D eigenvalue weighted by Crippen LogP contribution is -2.29. The average molecular weight is 187 g/mol. The molecule has 13 heavy (non-hydrogen) atoms. The largest absolute Gasteiger partial charge is 0.379 e. The number of rotatable bonds is 8. The van der Waals surface area contributed by atoms with E-state index in [1.807, 2.05) is 0 Å². The second-order valence-electron chi connectivity index (χ2n) is 4.17. The zero-order valence-electron chi connectivity index (χ0n) is 9.65. The summed E-state index contributed by atoms with van der Waals surface area (Å²) in [6.45, 7) is 8.69. The number of hydrogen-bond acceptors (Lipinski definition) is 2. The minimum absolute atomic E-state index is 0.0256. The summed E-state index contributed by atoms with van der Waals surface area (Å²) >= 11 is 0. The second kappa shape index (κ2) is 7.34. The summed E-state index contributed by atoms with van der Waals surface area (Å²) in [5.74, 6) is 0. The maximum absolute atomic E-state index is 5.33. The van der Waals surface area contributed by atoms with Gasteiger partial charge in [-0.1, -0.05) is 19.8 Å². The van der Waals surface area contributed by atoms with Gasteiger partial charge in [-0.2, -0.15) is 0 Å². The third-order valence-electron chi connectivity index (χ3n) is 2.41. The zero-order valence-corrected chi connectivity index (χ0v) is 9.65. The fourth-order valence-corrected chi connectivity index (χ4v) is 1.12. The average Bonchev–Trinajstić information content (AvgIpc) is 2.11. The molecule has 0 aromatic rings. The number of hydrogen-bond donors (Lipinski definition) is 1. The van der Waals surface area contributed by atoms with Gasteiger partial charge >= 0.3 is 0 Å². The van der Waals surface area contributed by atoms with Crippen LogP contribution in [-0.2, 0) is 4.74 Å². The lowest BCUT2D eigenvalue weighted by Gasteiger charge is -2.22. The predicted molar refractivity (Wildman–Crippen MR) is 58.1 cm³/mol. The lowest BCUT2D eigenvalue weighted by atomic mass is 10.1. The van der Waals surface area contributed by atoms with Gasteiger partial charge < -0.3 is 10.1 Å². The Morgan fingerprint density at radius 2 is 1.85 bits per heavy atom. The van der Waals surface area contributed by atoms with Gasteiger partial charge in [-0.3, -0.25) is 0 Å². The molecule has 0 amide bonds. The van der Waals surface area contributed by atoms with E-state index in [9.17, 15) is 0 Å². The van der Waals surface area contributed by atoms with Gasteiger partial charge in [0.15, 0.2) is 0 Å². The van der Waals surface area contributed by atoms with Crippen molar-refractivity contribution in [3.63, 3.8) is 0 Å². The minimum Gasteiger partial charge on any atom is -0.379 e.